The molecule has 0 N–H and O–H groups in total. The molecule has 1 heteroatoms. The van der Waals surface area contributed by atoms with Gasteiger partial charge in [-0.2, -0.15) is 0 Å². The van der Waals surface area contributed by atoms with E-state index in [1.54, 1.807) is 0 Å². The van der Waals surface area contributed by atoms with Gasteiger partial charge in [0, 0.05) is 0 Å². The molecule has 0 saturated heterocycles. The summed E-state index contributed by atoms with van der Waals surface area (Å²) in [5.74, 6) is 1.50. The summed E-state index contributed by atoms with van der Waals surface area (Å²) in [5.41, 5.74) is 0. The van der Waals surface area contributed by atoms with Gasteiger partial charge < -0.3 is 0 Å². The first-order valence-corrected chi connectivity index (χ1v) is 2.44. The van der Waals surface area contributed by atoms with Gasteiger partial charge in [-0.3, -0.25) is 0 Å². The molecule has 0 atom stereocenters. The van der Waals surface area contributed by atoms with E-state index in [-0.39, 0.29) is 0 Å². The molecule has 0 unspecified atom stereocenters. The summed E-state index contributed by atoms with van der Waals surface area (Å²) in [6.45, 7) is 2.07. The first-order valence-electron chi connectivity index (χ1n) is 2.00. The maximum absolute atomic E-state index is 5.17. The van der Waals surface area contributed by atoms with Crippen LogP contribution < -0.4 is 0 Å². The first kappa shape index (κ1) is 6.03. The van der Waals surface area contributed by atoms with Crippen molar-refractivity contribution in [2.24, 2.45) is 0 Å². The van der Waals surface area contributed by atoms with Gasteiger partial charge in [-0.15, -0.1) is 11.6 Å². The van der Waals surface area contributed by atoms with Crippen molar-refractivity contribution in [2.75, 3.05) is 0 Å². The van der Waals surface area contributed by atoms with Crippen LogP contribution in [-0.2, 0) is 0 Å². The topological polar surface area (TPSA) is 0 Å². The minimum atomic E-state index is 1.06. The van der Waals surface area contributed by atoms with Gasteiger partial charge in [-0.25, -0.2) is 0 Å². The maximum Gasteiger partial charge on any atom is 0.0715 e. The van der Waals surface area contributed by atoms with E-state index in [1.807, 2.05) is 12.2 Å². The van der Waals surface area contributed by atoms with Gasteiger partial charge in [0.25, 0.3) is 0 Å². The van der Waals surface area contributed by atoms with Crippen LogP contribution in [0.5, 0.6) is 0 Å². The van der Waals surface area contributed by atoms with Crippen LogP contribution in [0.1, 0.15) is 13.3 Å². The quantitative estimate of drug-likeness (QED) is 0.503. The molecule has 0 saturated carbocycles. The monoisotopic (exact) mass is 103 g/mol. The fourth-order valence-corrected chi connectivity index (χ4v) is 0.290. The summed E-state index contributed by atoms with van der Waals surface area (Å²) in [6, 6.07) is 0. The molecule has 0 aliphatic rings. The van der Waals surface area contributed by atoms with Crippen LogP contribution >= 0.6 is 11.6 Å². The highest BCUT2D eigenvalue weighted by Crippen LogP contribution is 1.86. The lowest BCUT2D eigenvalue weighted by Crippen LogP contribution is -1.49. The second kappa shape index (κ2) is 5.03. The Bertz CT molecular complexity index is 33.2. The normalized spacial score (nSPS) is 10.3. The Morgan fingerprint density at radius 1 is 1.67 bits per heavy atom. The molecule has 0 aromatic heterocycles. The highest BCUT2D eigenvalue weighted by atomic mass is 35.5. The van der Waals surface area contributed by atoms with Crippen LogP contribution in [0, 0.1) is 5.88 Å². The molecule has 0 spiro atoms. The minimum absolute atomic E-state index is 1.06. The van der Waals surface area contributed by atoms with Gasteiger partial charge in [0.15, 0.2) is 0 Å². The van der Waals surface area contributed by atoms with E-state index in [2.05, 4.69) is 6.92 Å². The molecule has 6 heavy (non-hydrogen) atoms. The lowest BCUT2D eigenvalue weighted by Gasteiger charge is -1.70. The Hall–Kier alpha value is 0.0300. The fourth-order valence-electron chi connectivity index (χ4n) is 0.188. The summed E-state index contributed by atoms with van der Waals surface area (Å²) < 4.78 is 0. The molecule has 0 nitrogen and oxygen atoms in total. The van der Waals surface area contributed by atoms with Gasteiger partial charge in [0.1, 0.15) is 0 Å². The van der Waals surface area contributed by atoms with Gasteiger partial charge in [-0.1, -0.05) is 19.1 Å². The van der Waals surface area contributed by atoms with Crippen molar-refractivity contribution >= 4 is 11.6 Å². The summed E-state index contributed by atoms with van der Waals surface area (Å²) >= 11 is 5.17. The molecule has 0 heterocycles. The van der Waals surface area contributed by atoms with E-state index in [9.17, 15) is 0 Å². The van der Waals surface area contributed by atoms with Crippen molar-refractivity contribution in [1.82, 2.24) is 0 Å². The van der Waals surface area contributed by atoms with Crippen molar-refractivity contribution < 1.29 is 0 Å². The molecule has 0 bridgehead atoms. The number of halogens is 1. The smallest absolute Gasteiger partial charge is 0.0715 e. The third-order valence-corrected chi connectivity index (χ3v) is 0.590. The standard InChI is InChI=1S/C5H8Cl/c1-2-3-4-5-6/h3-5H,2H2,1H3/b4-3+. The average Bonchev–Trinajstić information content (AvgIpc) is 1.61. The van der Waals surface area contributed by atoms with Crippen molar-refractivity contribution in [3.8, 4) is 0 Å². The maximum atomic E-state index is 5.17. The van der Waals surface area contributed by atoms with Crippen LogP contribution in [-0.4, -0.2) is 0 Å². The Kier molecular flexibility index (Phi) is 5.06. The predicted molar refractivity (Wildman–Crippen MR) is 29.6 cm³/mol. The molecule has 0 rings (SSSR count). The molecular weight excluding hydrogens is 95.5 g/mol. The molecule has 0 fully saturated rings. The zero-order chi connectivity index (χ0) is 4.83. The Labute approximate surface area is 43.8 Å². The molecule has 0 aromatic rings. The van der Waals surface area contributed by atoms with E-state index in [0.717, 1.165) is 6.42 Å². The van der Waals surface area contributed by atoms with E-state index >= 15 is 0 Å². The number of allylic oxidation sites excluding steroid dienone is 2. The molecule has 0 aromatic carbocycles. The van der Waals surface area contributed by atoms with Gasteiger partial charge in [-0.05, 0) is 6.42 Å². The number of rotatable bonds is 2. The van der Waals surface area contributed by atoms with E-state index < -0.39 is 0 Å². The van der Waals surface area contributed by atoms with Crippen molar-refractivity contribution in [1.29, 1.82) is 0 Å². The number of hydrogen-bond acceptors (Lipinski definition) is 0. The highest BCUT2D eigenvalue weighted by molar-refractivity contribution is 6.24. The van der Waals surface area contributed by atoms with E-state index in [1.165, 1.54) is 5.88 Å². The highest BCUT2D eigenvalue weighted by Gasteiger charge is 1.62. The van der Waals surface area contributed by atoms with Crippen molar-refractivity contribution in [3.63, 3.8) is 0 Å². The van der Waals surface area contributed by atoms with E-state index in [4.69, 9.17) is 11.6 Å². The van der Waals surface area contributed by atoms with Crippen molar-refractivity contribution in [2.45, 2.75) is 13.3 Å². The summed E-state index contributed by atoms with van der Waals surface area (Å²) in [7, 11) is 0. The van der Waals surface area contributed by atoms with E-state index in [0.29, 0.717) is 0 Å². The summed E-state index contributed by atoms with van der Waals surface area (Å²) in [4.78, 5) is 0. The molecule has 0 amide bonds. The third kappa shape index (κ3) is 4.03. The van der Waals surface area contributed by atoms with Crippen LogP contribution in [0.15, 0.2) is 12.2 Å². The van der Waals surface area contributed by atoms with Crippen LogP contribution in [0.25, 0.3) is 0 Å². The molecule has 0 aliphatic carbocycles. The molecular formula is C5H8Cl. The predicted octanol–water partition coefficient (Wildman–Crippen LogP) is 2.35. The van der Waals surface area contributed by atoms with Crippen LogP contribution in [0.3, 0.4) is 0 Å². The second-order valence-electron chi connectivity index (χ2n) is 0.962. The first-order chi connectivity index (χ1) is 2.91. The lowest BCUT2D eigenvalue weighted by atomic mass is 10.4. The SMILES string of the molecule is CC/C=C/[CH]Cl. The van der Waals surface area contributed by atoms with Crippen LogP contribution in [0.2, 0.25) is 0 Å². The fraction of sp³-hybridized carbons (Fsp3) is 0.400. The Morgan fingerprint density at radius 3 is 2.50 bits per heavy atom. The number of hydrogen-bond donors (Lipinski definition) is 0. The minimum Gasteiger partial charge on any atom is -0.117 e. The zero-order valence-corrected chi connectivity index (χ0v) is 4.57. The Morgan fingerprint density at radius 2 is 2.33 bits per heavy atom. The van der Waals surface area contributed by atoms with Crippen LogP contribution in [0.4, 0.5) is 0 Å². The largest absolute Gasteiger partial charge is 0.117 e. The molecule has 0 aliphatic heterocycles. The second-order valence-corrected chi connectivity index (χ2v) is 1.21. The summed E-state index contributed by atoms with van der Waals surface area (Å²) in [6.07, 6.45) is 4.87. The molecule has 1 radical (unpaired) electrons. The van der Waals surface area contributed by atoms with Crippen molar-refractivity contribution in [3.05, 3.63) is 18.0 Å². The van der Waals surface area contributed by atoms with Gasteiger partial charge in [0.2, 0.25) is 0 Å². The van der Waals surface area contributed by atoms with Gasteiger partial charge >= 0.3 is 0 Å². The average molecular weight is 104 g/mol. The lowest BCUT2D eigenvalue weighted by molar-refractivity contribution is 1.22. The Balaban J connectivity index is 2.73. The summed E-state index contributed by atoms with van der Waals surface area (Å²) in [5, 5.41) is 0. The van der Waals surface area contributed by atoms with Gasteiger partial charge in [0.05, 0.1) is 5.88 Å². The molecule has 35 valence electrons. The third-order valence-electron chi connectivity index (χ3n) is 0.445. The zero-order valence-electron chi connectivity index (χ0n) is 3.82.